The molecule has 0 saturated carbocycles. The van der Waals surface area contributed by atoms with E-state index in [-0.39, 0.29) is 19.4 Å². The van der Waals surface area contributed by atoms with Crippen molar-refractivity contribution in [3.8, 4) is 0 Å². The molecule has 3 aromatic carbocycles. The number of benzene rings is 3. The molecule has 2 atom stereocenters. The topological polar surface area (TPSA) is 93.7 Å². The van der Waals surface area contributed by atoms with E-state index in [9.17, 15) is 14.4 Å². The number of carbonyl (C=O) groups is 3. The summed E-state index contributed by atoms with van der Waals surface area (Å²) >= 11 is 0. The lowest BCUT2D eigenvalue weighted by atomic mass is 10.0. The average molecular weight is 503 g/mol. The zero-order valence-electron chi connectivity index (χ0n) is 21.5. The SMILES string of the molecule is CC(C)(C)OC(=O)N[C@H](Cc1ccccc1)C(=O)N[C@@H](Cc1ccccc1)C(=O)OCc1ccccc1. The summed E-state index contributed by atoms with van der Waals surface area (Å²) in [5, 5.41) is 5.47. The lowest BCUT2D eigenvalue weighted by Gasteiger charge is -2.25. The van der Waals surface area contributed by atoms with Crippen molar-refractivity contribution < 1.29 is 23.9 Å². The van der Waals surface area contributed by atoms with Gasteiger partial charge in [0.25, 0.3) is 0 Å². The monoisotopic (exact) mass is 502 g/mol. The molecular weight excluding hydrogens is 468 g/mol. The molecule has 0 unspecified atom stereocenters. The van der Waals surface area contributed by atoms with Gasteiger partial charge in [-0.2, -0.15) is 0 Å². The predicted molar refractivity (Wildman–Crippen MR) is 142 cm³/mol. The van der Waals surface area contributed by atoms with Crippen LogP contribution < -0.4 is 10.6 Å². The third-order valence-corrected chi connectivity index (χ3v) is 5.40. The van der Waals surface area contributed by atoms with Crippen molar-refractivity contribution in [3.63, 3.8) is 0 Å². The molecule has 194 valence electrons. The van der Waals surface area contributed by atoms with Crippen molar-refractivity contribution in [2.75, 3.05) is 0 Å². The van der Waals surface area contributed by atoms with Crippen LogP contribution in [0.25, 0.3) is 0 Å². The van der Waals surface area contributed by atoms with Crippen LogP contribution in [0.4, 0.5) is 4.79 Å². The van der Waals surface area contributed by atoms with E-state index < -0.39 is 35.7 Å². The van der Waals surface area contributed by atoms with Gasteiger partial charge >= 0.3 is 12.1 Å². The Bertz CT molecular complexity index is 1140. The number of rotatable bonds is 10. The zero-order chi connectivity index (χ0) is 26.7. The van der Waals surface area contributed by atoms with Crippen LogP contribution in [0.1, 0.15) is 37.5 Å². The van der Waals surface area contributed by atoms with Gasteiger partial charge in [0, 0.05) is 12.8 Å². The minimum absolute atomic E-state index is 0.0877. The Morgan fingerprint density at radius 3 is 1.62 bits per heavy atom. The molecule has 2 N–H and O–H groups in total. The van der Waals surface area contributed by atoms with Crippen LogP contribution in [-0.4, -0.2) is 35.7 Å². The first-order valence-corrected chi connectivity index (χ1v) is 12.3. The van der Waals surface area contributed by atoms with Gasteiger partial charge in [-0.3, -0.25) is 4.79 Å². The number of ether oxygens (including phenoxy) is 2. The minimum Gasteiger partial charge on any atom is -0.459 e. The molecule has 0 aromatic heterocycles. The van der Waals surface area contributed by atoms with Crippen molar-refractivity contribution in [3.05, 3.63) is 108 Å². The highest BCUT2D eigenvalue weighted by molar-refractivity contribution is 5.90. The maximum atomic E-state index is 13.4. The van der Waals surface area contributed by atoms with Gasteiger partial charge in [-0.1, -0.05) is 91.0 Å². The van der Waals surface area contributed by atoms with Crippen molar-refractivity contribution in [2.24, 2.45) is 0 Å². The van der Waals surface area contributed by atoms with Crippen molar-refractivity contribution in [1.29, 1.82) is 0 Å². The third kappa shape index (κ3) is 9.80. The van der Waals surface area contributed by atoms with E-state index in [0.29, 0.717) is 0 Å². The lowest BCUT2D eigenvalue weighted by Crippen LogP contribution is -2.54. The Balaban J connectivity index is 1.77. The van der Waals surface area contributed by atoms with E-state index in [1.807, 2.05) is 91.0 Å². The second-order valence-electron chi connectivity index (χ2n) is 9.73. The van der Waals surface area contributed by atoms with Crippen LogP contribution in [0.3, 0.4) is 0 Å². The summed E-state index contributed by atoms with van der Waals surface area (Å²) in [5.74, 6) is -1.07. The first-order chi connectivity index (χ1) is 17.7. The van der Waals surface area contributed by atoms with Crippen LogP contribution >= 0.6 is 0 Å². The molecule has 7 heteroatoms. The first kappa shape index (κ1) is 27.5. The van der Waals surface area contributed by atoms with E-state index in [2.05, 4.69) is 10.6 Å². The summed E-state index contributed by atoms with van der Waals surface area (Å²) in [5.41, 5.74) is 1.83. The molecular formula is C30H34N2O5. The predicted octanol–water partition coefficient (Wildman–Crippen LogP) is 4.59. The summed E-state index contributed by atoms with van der Waals surface area (Å²) < 4.78 is 10.9. The summed E-state index contributed by atoms with van der Waals surface area (Å²) in [4.78, 5) is 39.1. The van der Waals surface area contributed by atoms with Crippen molar-refractivity contribution >= 4 is 18.0 Å². The molecule has 0 fully saturated rings. The second-order valence-corrected chi connectivity index (χ2v) is 9.73. The molecule has 3 rings (SSSR count). The van der Waals surface area contributed by atoms with Gasteiger partial charge in [0.2, 0.25) is 5.91 Å². The Morgan fingerprint density at radius 1 is 0.676 bits per heavy atom. The molecule has 2 amide bonds. The van der Waals surface area contributed by atoms with E-state index in [1.165, 1.54) is 0 Å². The van der Waals surface area contributed by atoms with Crippen molar-refractivity contribution in [2.45, 2.75) is 57.9 Å². The molecule has 0 saturated heterocycles. The quantitative estimate of drug-likeness (QED) is 0.396. The molecule has 0 radical (unpaired) electrons. The standard InChI is InChI=1S/C30H34N2O5/c1-30(2,3)37-29(35)32-25(19-22-13-7-4-8-14-22)27(33)31-26(20-23-15-9-5-10-16-23)28(34)36-21-24-17-11-6-12-18-24/h4-18,25-26H,19-21H2,1-3H3,(H,31,33)(H,32,35)/t25-,26+/m1/s1. The molecule has 3 aromatic rings. The highest BCUT2D eigenvalue weighted by Crippen LogP contribution is 2.11. The fourth-order valence-corrected chi connectivity index (χ4v) is 3.65. The van der Waals surface area contributed by atoms with Crippen molar-refractivity contribution in [1.82, 2.24) is 10.6 Å². The lowest BCUT2D eigenvalue weighted by molar-refractivity contribution is -0.149. The van der Waals surface area contributed by atoms with Crippen LogP contribution in [0.15, 0.2) is 91.0 Å². The number of amides is 2. The Labute approximate surface area is 218 Å². The minimum atomic E-state index is -0.961. The van der Waals surface area contributed by atoms with Crippen LogP contribution in [0.5, 0.6) is 0 Å². The number of nitrogens with one attached hydrogen (secondary N) is 2. The largest absolute Gasteiger partial charge is 0.459 e. The Hall–Kier alpha value is -4.13. The third-order valence-electron chi connectivity index (χ3n) is 5.40. The normalized spacial score (nSPS) is 12.6. The first-order valence-electron chi connectivity index (χ1n) is 12.3. The van der Waals surface area contributed by atoms with Crippen LogP contribution in [-0.2, 0) is 38.5 Å². The number of esters is 1. The van der Waals surface area contributed by atoms with Gasteiger partial charge in [-0.05, 0) is 37.5 Å². The number of hydrogen-bond donors (Lipinski definition) is 2. The maximum absolute atomic E-state index is 13.4. The van der Waals surface area contributed by atoms with Gasteiger partial charge in [-0.15, -0.1) is 0 Å². The molecule has 0 spiro atoms. The summed E-state index contributed by atoms with van der Waals surface area (Å²) in [6.45, 7) is 5.33. The van der Waals surface area contributed by atoms with E-state index >= 15 is 0 Å². The highest BCUT2D eigenvalue weighted by atomic mass is 16.6. The average Bonchev–Trinajstić information content (AvgIpc) is 2.87. The number of hydrogen-bond acceptors (Lipinski definition) is 5. The highest BCUT2D eigenvalue weighted by Gasteiger charge is 2.29. The molecule has 0 aliphatic heterocycles. The summed E-state index contributed by atoms with van der Waals surface area (Å²) in [6, 6.07) is 26.1. The van der Waals surface area contributed by atoms with Crippen LogP contribution in [0, 0.1) is 0 Å². The van der Waals surface area contributed by atoms with Gasteiger partial charge < -0.3 is 20.1 Å². The molecule has 0 bridgehead atoms. The Kier molecular flexibility index (Phi) is 9.84. The fourth-order valence-electron chi connectivity index (χ4n) is 3.65. The van der Waals surface area contributed by atoms with Gasteiger partial charge in [0.15, 0.2) is 0 Å². The van der Waals surface area contributed by atoms with Gasteiger partial charge in [0.05, 0.1) is 0 Å². The zero-order valence-corrected chi connectivity index (χ0v) is 21.5. The smallest absolute Gasteiger partial charge is 0.408 e. The van der Waals surface area contributed by atoms with Gasteiger partial charge in [-0.25, -0.2) is 9.59 Å². The molecule has 0 heterocycles. The number of alkyl carbamates (subject to hydrolysis) is 1. The maximum Gasteiger partial charge on any atom is 0.408 e. The van der Waals surface area contributed by atoms with Crippen LogP contribution in [0.2, 0.25) is 0 Å². The fraction of sp³-hybridized carbons (Fsp3) is 0.300. The summed E-state index contributed by atoms with van der Waals surface area (Å²) in [6.07, 6.45) is -0.247. The molecule has 37 heavy (non-hydrogen) atoms. The van der Waals surface area contributed by atoms with E-state index in [4.69, 9.17) is 9.47 Å². The summed E-state index contributed by atoms with van der Waals surface area (Å²) in [7, 11) is 0. The Morgan fingerprint density at radius 2 is 1.14 bits per heavy atom. The van der Waals surface area contributed by atoms with Gasteiger partial charge in [0.1, 0.15) is 24.3 Å². The van der Waals surface area contributed by atoms with E-state index in [1.54, 1.807) is 20.8 Å². The number of carbonyl (C=O) groups excluding carboxylic acids is 3. The van der Waals surface area contributed by atoms with E-state index in [0.717, 1.165) is 16.7 Å². The molecule has 7 nitrogen and oxygen atoms in total. The second kappa shape index (κ2) is 13.3. The molecule has 0 aliphatic carbocycles. The molecule has 0 aliphatic rings.